The first kappa shape index (κ1) is 15.4. The maximum atomic E-state index is 12.8. The number of nitrogens with two attached hydrogens (primary N) is 1. The molecule has 3 N–H and O–H groups in total. The quantitative estimate of drug-likeness (QED) is 0.809. The molecule has 1 aliphatic rings. The zero-order valence-corrected chi connectivity index (χ0v) is 13.1. The summed E-state index contributed by atoms with van der Waals surface area (Å²) in [6, 6.07) is 0.0381. The lowest BCUT2D eigenvalue weighted by atomic mass is 10.1. The van der Waals surface area contributed by atoms with Gasteiger partial charge in [0.2, 0.25) is 10.0 Å². The van der Waals surface area contributed by atoms with Gasteiger partial charge in [0.15, 0.2) is 0 Å². The molecule has 0 saturated carbocycles. The molecule has 20 heavy (non-hydrogen) atoms. The van der Waals surface area contributed by atoms with Gasteiger partial charge in [-0.2, -0.15) is 9.40 Å². The van der Waals surface area contributed by atoms with Crippen molar-refractivity contribution in [3.05, 3.63) is 11.4 Å². The maximum absolute atomic E-state index is 12.8. The van der Waals surface area contributed by atoms with Crippen molar-refractivity contribution in [3.8, 4) is 0 Å². The van der Waals surface area contributed by atoms with Crippen LogP contribution >= 0.6 is 0 Å². The van der Waals surface area contributed by atoms with Crippen LogP contribution in [0.1, 0.15) is 24.2 Å². The third-order valence-electron chi connectivity index (χ3n) is 3.99. The summed E-state index contributed by atoms with van der Waals surface area (Å²) in [5.41, 5.74) is 6.54. The van der Waals surface area contributed by atoms with Gasteiger partial charge in [0.1, 0.15) is 4.90 Å². The predicted molar refractivity (Wildman–Crippen MR) is 76.7 cm³/mol. The van der Waals surface area contributed by atoms with Gasteiger partial charge in [0, 0.05) is 19.6 Å². The molecule has 114 valence electrons. The van der Waals surface area contributed by atoms with Crippen molar-refractivity contribution >= 4 is 10.0 Å². The van der Waals surface area contributed by atoms with Crippen molar-refractivity contribution in [2.45, 2.75) is 37.2 Å². The first-order valence-corrected chi connectivity index (χ1v) is 8.22. The Morgan fingerprint density at radius 2 is 2.05 bits per heavy atom. The molecule has 1 fully saturated rings. The summed E-state index contributed by atoms with van der Waals surface area (Å²) in [6.45, 7) is 3.65. The summed E-state index contributed by atoms with van der Waals surface area (Å²) < 4.78 is 27.0. The minimum absolute atomic E-state index is 0.0381. The second kappa shape index (κ2) is 5.80. The van der Waals surface area contributed by atoms with Crippen LogP contribution in [0.2, 0.25) is 0 Å². The van der Waals surface area contributed by atoms with Gasteiger partial charge < -0.3 is 10.6 Å². The van der Waals surface area contributed by atoms with E-state index >= 15 is 0 Å². The zero-order chi connectivity index (χ0) is 14.9. The molecule has 7 nitrogen and oxygen atoms in total. The number of piperidine rings is 1. The Kier molecular flexibility index (Phi) is 4.48. The molecular formula is C12H23N5O2S. The highest BCUT2D eigenvalue weighted by Crippen LogP contribution is 2.25. The number of likely N-dealkylation sites (tertiary alicyclic amines) is 1. The number of rotatable bonds is 4. The molecule has 8 heteroatoms. The Labute approximate surface area is 120 Å². The van der Waals surface area contributed by atoms with Crippen LogP contribution in [-0.4, -0.2) is 61.0 Å². The van der Waals surface area contributed by atoms with Gasteiger partial charge in [-0.3, -0.25) is 5.10 Å². The Bertz CT molecular complexity index is 560. The van der Waals surface area contributed by atoms with E-state index in [1.54, 1.807) is 14.0 Å². The van der Waals surface area contributed by atoms with Crippen molar-refractivity contribution in [2.24, 2.45) is 5.73 Å². The summed E-state index contributed by atoms with van der Waals surface area (Å²) in [5.74, 6) is 0. The van der Waals surface area contributed by atoms with Crippen molar-refractivity contribution in [1.29, 1.82) is 0 Å². The number of nitrogens with zero attached hydrogens (tertiary/aromatic N) is 3. The SMILES string of the molecule is Cc1[nH]nc(CN)c1S(=O)(=O)N(C)C1CCN(C)CC1. The van der Waals surface area contributed by atoms with Gasteiger partial charge in [-0.25, -0.2) is 8.42 Å². The van der Waals surface area contributed by atoms with E-state index in [9.17, 15) is 8.42 Å². The van der Waals surface area contributed by atoms with Crippen LogP contribution in [0.5, 0.6) is 0 Å². The van der Waals surface area contributed by atoms with Crippen LogP contribution in [0.25, 0.3) is 0 Å². The van der Waals surface area contributed by atoms with Crippen LogP contribution in [0.4, 0.5) is 0 Å². The fourth-order valence-corrected chi connectivity index (χ4v) is 4.40. The van der Waals surface area contributed by atoms with E-state index in [1.807, 2.05) is 0 Å². The average molecular weight is 301 g/mol. The van der Waals surface area contributed by atoms with Gasteiger partial charge in [-0.1, -0.05) is 0 Å². The van der Waals surface area contributed by atoms with E-state index < -0.39 is 10.0 Å². The lowest BCUT2D eigenvalue weighted by molar-refractivity contribution is 0.197. The lowest BCUT2D eigenvalue weighted by Crippen LogP contribution is -2.44. The van der Waals surface area contributed by atoms with Crippen molar-refractivity contribution < 1.29 is 8.42 Å². The van der Waals surface area contributed by atoms with Crippen LogP contribution in [0.3, 0.4) is 0 Å². The Hall–Kier alpha value is -0.960. The molecule has 0 atom stereocenters. The number of H-pyrrole nitrogens is 1. The average Bonchev–Trinajstić information content (AvgIpc) is 2.80. The van der Waals surface area contributed by atoms with Crippen molar-refractivity contribution in [1.82, 2.24) is 19.4 Å². The lowest BCUT2D eigenvalue weighted by Gasteiger charge is -2.34. The number of aryl methyl sites for hydroxylation is 1. The topological polar surface area (TPSA) is 95.3 Å². The molecule has 1 saturated heterocycles. The third kappa shape index (κ3) is 2.73. The summed E-state index contributed by atoms with van der Waals surface area (Å²) in [7, 11) is 0.159. The molecule has 1 aromatic heterocycles. The zero-order valence-electron chi connectivity index (χ0n) is 12.3. The molecule has 0 amide bonds. The number of sulfonamides is 1. The molecule has 2 heterocycles. The molecule has 2 rings (SSSR count). The molecule has 0 aromatic carbocycles. The molecule has 0 bridgehead atoms. The highest BCUT2D eigenvalue weighted by molar-refractivity contribution is 7.89. The molecule has 1 aliphatic heterocycles. The Morgan fingerprint density at radius 1 is 1.45 bits per heavy atom. The van der Waals surface area contributed by atoms with E-state index in [2.05, 4.69) is 22.1 Å². The fourth-order valence-electron chi connectivity index (χ4n) is 2.65. The Balaban J connectivity index is 2.27. The molecule has 1 aromatic rings. The largest absolute Gasteiger partial charge is 0.325 e. The smallest absolute Gasteiger partial charge is 0.246 e. The maximum Gasteiger partial charge on any atom is 0.246 e. The number of aromatic amines is 1. The van der Waals surface area contributed by atoms with Crippen LogP contribution in [0.15, 0.2) is 4.90 Å². The van der Waals surface area contributed by atoms with E-state index in [0.717, 1.165) is 25.9 Å². The van der Waals surface area contributed by atoms with Gasteiger partial charge in [0.25, 0.3) is 0 Å². The number of hydrogen-bond acceptors (Lipinski definition) is 5. The second-order valence-electron chi connectivity index (χ2n) is 5.38. The standard InChI is InChI=1S/C12H23N5O2S/c1-9-12(11(8-13)15-14-9)20(18,19)17(3)10-4-6-16(2)7-5-10/h10H,4-8,13H2,1-3H3,(H,14,15). The van der Waals surface area contributed by atoms with Gasteiger partial charge in [-0.15, -0.1) is 0 Å². The molecule has 0 radical (unpaired) electrons. The highest BCUT2D eigenvalue weighted by atomic mass is 32.2. The van der Waals surface area contributed by atoms with E-state index in [1.165, 1.54) is 4.31 Å². The second-order valence-corrected chi connectivity index (χ2v) is 7.32. The van der Waals surface area contributed by atoms with Crippen LogP contribution in [0, 0.1) is 6.92 Å². The minimum Gasteiger partial charge on any atom is -0.325 e. The number of hydrogen-bond donors (Lipinski definition) is 2. The van der Waals surface area contributed by atoms with Crippen molar-refractivity contribution in [3.63, 3.8) is 0 Å². The van der Waals surface area contributed by atoms with Gasteiger partial charge in [-0.05, 0) is 39.9 Å². The highest BCUT2D eigenvalue weighted by Gasteiger charge is 2.33. The molecule has 0 unspecified atom stereocenters. The summed E-state index contributed by atoms with van der Waals surface area (Å²) in [5, 5.41) is 6.69. The first-order chi connectivity index (χ1) is 9.37. The normalized spacial score (nSPS) is 18.9. The van der Waals surface area contributed by atoms with E-state index in [0.29, 0.717) is 11.4 Å². The van der Waals surface area contributed by atoms with Crippen molar-refractivity contribution in [2.75, 3.05) is 27.2 Å². The summed E-state index contributed by atoms with van der Waals surface area (Å²) in [6.07, 6.45) is 1.70. The monoisotopic (exact) mass is 301 g/mol. The molecule has 0 aliphatic carbocycles. The van der Waals surface area contributed by atoms with Crippen LogP contribution < -0.4 is 5.73 Å². The first-order valence-electron chi connectivity index (χ1n) is 6.78. The number of aromatic nitrogens is 2. The number of nitrogens with one attached hydrogen (secondary N) is 1. The van der Waals surface area contributed by atoms with Crippen LogP contribution in [-0.2, 0) is 16.6 Å². The summed E-state index contributed by atoms with van der Waals surface area (Å²) in [4.78, 5) is 2.45. The minimum atomic E-state index is -3.55. The molecule has 0 spiro atoms. The Morgan fingerprint density at radius 3 is 2.60 bits per heavy atom. The predicted octanol–water partition coefficient (Wildman–Crippen LogP) is -0.108. The van der Waals surface area contributed by atoms with E-state index in [-0.39, 0.29) is 17.5 Å². The van der Waals surface area contributed by atoms with Gasteiger partial charge in [0.05, 0.1) is 11.4 Å². The van der Waals surface area contributed by atoms with Gasteiger partial charge >= 0.3 is 0 Å². The third-order valence-corrected chi connectivity index (χ3v) is 6.11. The van der Waals surface area contributed by atoms with E-state index in [4.69, 9.17) is 5.73 Å². The fraction of sp³-hybridized carbons (Fsp3) is 0.750. The molecular weight excluding hydrogens is 278 g/mol. The summed E-state index contributed by atoms with van der Waals surface area (Å²) >= 11 is 0.